The summed E-state index contributed by atoms with van der Waals surface area (Å²) in [5, 5.41) is 5.58. The van der Waals surface area contributed by atoms with Crippen molar-refractivity contribution in [2.24, 2.45) is 0 Å². The van der Waals surface area contributed by atoms with Gasteiger partial charge in [-0.3, -0.25) is 4.40 Å². The Morgan fingerprint density at radius 1 is 1.50 bits per heavy atom. The van der Waals surface area contributed by atoms with E-state index in [1.54, 1.807) is 11.3 Å². The van der Waals surface area contributed by atoms with Gasteiger partial charge in [0.05, 0.1) is 11.4 Å². The molecule has 0 fully saturated rings. The van der Waals surface area contributed by atoms with Gasteiger partial charge in [-0.1, -0.05) is 12.5 Å². The number of thiazole rings is 1. The number of hydrogen-bond donors (Lipinski definition) is 1. The first-order chi connectivity index (χ1) is 8.63. The van der Waals surface area contributed by atoms with Crippen LogP contribution >= 0.6 is 11.3 Å². The molecule has 0 spiro atoms. The van der Waals surface area contributed by atoms with Gasteiger partial charge in [-0.05, 0) is 39.8 Å². The molecule has 0 bridgehead atoms. The number of hydrogen-bond acceptors (Lipinski definition) is 3. The fourth-order valence-electron chi connectivity index (χ4n) is 2.04. The van der Waals surface area contributed by atoms with Crippen molar-refractivity contribution in [2.45, 2.75) is 34.1 Å². The molecule has 0 radical (unpaired) electrons. The van der Waals surface area contributed by atoms with Gasteiger partial charge < -0.3 is 5.32 Å². The predicted molar refractivity (Wildman–Crippen MR) is 79.4 cm³/mol. The third kappa shape index (κ3) is 2.65. The van der Waals surface area contributed by atoms with Crippen LogP contribution in [-0.2, 0) is 0 Å². The van der Waals surface area contributed by atoms with Crippen LogP contribution < -0.4 is 5.32 Å². The molecule has 4 heteroatoms. The standard InChI is InChI=1S/C14H21N3S/c1-5-6-15-8-10(2)7-13-12(4)16-14-17(13)11(3)9-18-14/h7,9,15H,5-6,8H2,1-4H3. The van der Waals surface area contributed by atoms with E-state index < -0.39 is 0 Å². The number of imidazole rings is 1. The Hall–Kier alpha value is -1.13. The summed E-state index contributed by atoms with van der Waals surface area (Å²) in [6, 6.07) is 0. The first-order valence-corrected chi connectivity index (χ1v) is 7.32. The predicted octanol–water partition coefficient (Wildman–Crippen LogP) is 3.42. The summed E-state index contributed by atoms with van der Waals surface area (Å²) in [5.74, 6) is 0. The number of aryl methyl sites for hydroxylation is 2. The normalized spacial score (nSPS) is 12.6. The summed E-state index contributed by atoms with van der Waals surface area (Å²) in [7, 11) is 0. The second-order valence-electron chi connectivity index (χ2n) is 4.74. The van der Waals surface area contributed by atoms with E-state index in [0.717, 1.165) is 23.7 Å². The second-order valence-corrected chi connectivity index (χ2v) is 5.58. The van der Waals surface area contributed by atoms with Gasteiger partial charge in [-0.15, -0.1) is 11.3 Å². The van der Waals surface area contributed by atoms with Crippen LogP contribution in [0.1, 0.15) is 37.4 Å². The van der Waals surface area contributed by atoms with E-state index in [2.05, 4.69) is 53.9 Å². The summed E-state index contributed by atoms with van der Waals surface area (Å²) in [5.41, 5.74) is 4.94. The summed E-state index contributed by atoms with van der Waals surface area (Å²) < 4.78 is 2.24. The van der Waals surface area contributed by atoms with Gasteiger partial charge in [0, 0.05) is 17.6 Å². The lowest BCUT2D eigenvalue weighted by Crippen LogP contribution is -2.16. The number of nitrogens with one attached hydrogen (secondary N) is 1. The lowest BCUT2D eigenvalue weighted by Gasteiger charge is -2.04. The lowest BCUT2D eigenvalue weighted by molar-refractivity contribution is 0.715. The maximum Gasteiger partial charge on any atom is 0.194 e. The highest BCUT2D eigenvalue weighted by atomic mass is 32.1. The minimum Gasteiger partial charge on any atom is -0.313 e. The Kier molecular flexibility index (Phi) is 4.19. The van der Waals surface area contributed by atoms with E-state index in [0.29, 0.717) is 0 Å². The molecule has 3 nitrogen and oxygen atoms in total. The van der Waals surface area contributed by atoms with Crippen LogP contribution in [0.5, 0.6) is 0 Å². The van der Waals surface area contributed by atoms with Gasteiger partial charge in [0.15, 0.2) is 4.96 Å². The van der Waals surface area contributed by atoms with Crippen LogP contribution in [0.3, 0.4) is 0 Å². The van der Waals surface area contributed by atoms with E-state index in [9.17, 15) is 0 Å². The maximum absolute atomic E-state index is 4.60. The van der Waals surface area contributed by atoms with Crippen LogP contribution in [-0.4, -0.2) is 22.5 Å². The van der Waals surface area contributed by atoms with Gasteiger partial charge in [-0.25, -0.2) is 4.98 Å². The monoisotopic (exact) mass is 263 g/mol. The van der Waals surface area contributed by atoms with Crippen molar-refractivity contribution in [3.63, 3.8) is 0 Å². The fraction of sp³-hybridized carbons (Fsp3) is 0.500. The molecular weight excluding hydrogens is 242 g/mol. The molecular formula is C14H21N3S. The van der Waals surface area contributed by atoms with E-state index in [4.69, 9.17) is 0 Å². The molecule has 0 unspecified atom stereocenters. The molecule has 0 saturated carbocycles. The molecule has 0 amide bonds. The molecule has 0 atom stereocenters. The molecule has 0 aromatic carbocycles. The highest BCUT2D eigenvalue weighted by Gasteiger charge is 2.10. The van der Waals surface area contributed by atoms with Crippen LogP contribution in [0.15, 0.2) is 11.0 Å². The highest BCUT2D eigenvalue weighted by Crippen LogP contribution is 2.22. The minimum atomic E-state index is 0.948. The summed E-state index contributed by atoms with van der Waals surface area (Å²) in [6.07, 6.45) is 3.42. The van der Waals surface area contributed by atoms with Crippen LogP contribution in [0.2, 0.25) is 0 Å². The summed E-state index contributed by atoms with van der Waals surface area (Å²) in [6.45, 7) is 10.6. The van der Waals surface area contributed by atoms with E-state index in [-0.39, 0.29) is 0 Å². The minimum absolute atomic E-state index is 0.948. The Balaban J connectivity index is 2.27. The average Bonchev–Trinajstić information content (AvgIpc) is 2.82. The average molecular weight is 263 g/mol. The van der Waals surface area contributed by atoms with Crippen molar-refractivity contribution in [1.82, 2.24) is 14.7 Å². The van der Waals surface area contributed by atoms with Crippen molar-refractivity contribution in [1.29, 1.82) is 0 Å². The molecule has 2 aromatic rings. The second kappa shape index (κ2) is 5.67. The van der Waals surface area contributed by atoms with Gasteiger partial charge in [-0.2, -0.15) is 0 Å². The zero-order valence-electron chi connectivity index (χ0n) is 11.6. The third-order valence-corrected chi connectivity index (χ3v) is 3.91. The molecule has 98 valence electrons. The first-order valence-electron chi connectivity index (χ1n) is 6.44. The molecule has 0 saturated heterocycles. The SMILES string of the molecule is CCCNCC(C)=Cc1c(C)nc2scc(C)n12. The van der Waals surface area contributed by atoms with Crippen molar-refractivity contribution < 1.29 is 0 Å². The smallest absolute Gasteiger partial charge is 0.194 e. The number of aromatic nitrogens is 2. The summed E-state index contributed by atoms with van der Waals surface area (Å²) in [4.78, 5) is 5.69. The van der Waals surface area contributed by atoms with Crippen molar-refractivity contribution in [3.05, 3.63) is 28.0 Å². The summed E-state index contributed by atoms with van der Waals surface area (Å²) >= 11 is 1.70. The quantitative estimate of drug-likeness (QED) is 0.838. The number of fused-ring (bicyclic) bond motifs is 1. The lowest BCUT2D eigenvalue weighted by atomic mass is 10.2. The molecule has 2 aromatic heterocycles. The number of nitrogens with zero attached hydrogens (tertiary/aromatic N) is 2. The Morgan fingerprint density at radius 3 is 3.00 bits per heavy atom. The maximum atomic E-state index is 4.60. The Morgan fingerprint density at radius 2 is 2.28 bits per heavy atom. The van der Waals surface area contributed by atoms with E-state index >= 15 is 0 Å². The zero-order valence-corrected chi connectivity index (χ0v) is 12.4. The Bertz CT molecular complexity index is 563. The molecule has 0 aliphatic rings. The fourth-order valence-corrected chi connectivity index (χ4v) is 2.96. The van der Waals surface area contributed by atoms with Gasteiger partial charge in [0.2, 0.25) is 0 Å². The molecule has 0 aliphatic carbocycles. The van der Waals surface area contributed by atoms with E-state index in [1.165, 1.54) is 23.4 Å². The first kappa shape index (κ1) is 13.3. The third-order valence-electron chi connectivity index (χ3n) is 2.97. The molecule has 2 heterocycles. The van der Waals surface area contributed by atoms with Gasteiger partial charge in [0.1, 0.15) is 0 Å². The van der Waals surface area contributed by atoms with Crippen LogP contribution in [0.4, 0.5) is 0 Å². The topological polar surface area (TPSA) is 29.3 Å². The van der Waals surface area contributed by atoms with Gasteiger partial charge >= 0.3 is 0 Å². The van der Waals surface area contributed by atoms with E-state index in [1.807, 2.05) is 0 Å². The Labute approximate surface area is 113 Å². The number of rotatable bonds is 5. The highest BCUT2D eigenvalue weighted by molar-refractivity contribution is 7.15. The van der Waals surface area contributed by atoms with Crippen LogP contribution in [0.25, 0.3) is 11.0 Å². The molecule has 1 N–H and O–H groups in total. The molecule has 2 rings (SSSR count). The molecule has 0 aliphatic heterocycles. The van der Waals surface area contributed by atoms with Crippen molar-refractivity contribution in [3.8, 4) is 0 Å². The van der Waals surface area contributed by atoms with Crippen molar-refractivity contribution in [2.75, 3.05) is 13.1 Å². The largest absolute Gasteiger partial charge is 0.313 e. The van der Waals surface area contributed by atoms with Crippen molar-refractivity contribution >= 4 is 22.4 Å². The van der Waals surface area contributed by atoms with Gasteiger partial charge in [0.25, 0.3) is 0 Å². The van der Waals surface area contributed by atoms with Crippen LogP contribution in [0, 0.1) is 13.8 Å². The zero-order chi connectivity index (χ0) is 13.1. The molecule has 18 heavy (non-hydrogen) atoms.